The van der Waals surface area contributed by atoms with Crippen LogP contribution in [0.4, 0.5) is 0 Å². The van der Waals surface area contributed by atoms with Gasteiger partial charge < -0.3 is 4.74 Å². The van der Waals surface area contributed by atoms with Crippen LogP contribution < -0.4 is 4.74 Å². The summed E-state index contributed by atoms with van der Waals surface area (Å²) < 4.78 is 5.96. The van der Waals surface area contributed by atoms with Gasteiger partial charge in [0.15, 0.2) is 11.6 Å². The van der Waals surface area contributed by atoms with Crippen LogP contribution in [0.5, 0.6) is 5.75 Å². The molecule has 0 radical (unpaired) electrons. The van der Waals surface area contributed by atoms with Crippen LogP contribution in [0, 0.1) is 5.92 Å². The molecule has 0 fully saturated rings. The van der Waals surface area contributed by atoms with Crippen LogP contribution in [0.15, 0.2) is 18.2 Å². The summed E-state index contributed by atoms with van der Waals surface area (Å²) in [4.78, 5) is 24.2. The average molecular weight is 324 g/mol. The Morgan fingerprint density at radius 2 is 1.95 bits per heavy atom. The van der Waals surface area contributed by atoms with Gasteiger partial charge in [0.1, 0.15) is 5.75 Å². The van der Waals surface area contributed by atoms with Crippen molar-refractivity contribution in [3.63, 3.8) is 0 Å². The zero-order chi connectivity index (χ0) is 16.0. The highest BCUT2D eigenvalue weighted by atomic mass is 32.2. The molecule has 0 aliphatic rings. The molecule has 0 saturated carbocycles. The molecule has 0 aliphatic heterocycles. The minimum Gasteiger partial charge on any atom is -0.495 e. The third kappa shape index (κ3) is 4.38. The predicted molar refractivity (Wildman–Crippen MR) is 91.8 cm³/mol. The van der Waals surface area contributed by atoms with Gasteiger partial charge in [-0.2, -0.15) is 0 Å². The van der Waals surface area contributed by atoms with Crippen molar-refractivity contribution in [2.45, 2.75) is 27.2 Å². The lowest BCUT2D eigenvalue weighted by atomic mass is 9.96. The highest BCUT2D eigenvalue weighted by molar-refractivity contribution is 8.23. The van der Waals surface area contributed by atoms with Gasteiger partial charge in [-0.25, -0.2) is 0 Å². The van der Waals surface area contributed by atoms with E-state index in [2.05, 4.69) is 6.92 Å². The Labute approximate surface area is 135 Å². The molecule has 0 heterocycles. The molecule has 0 saturated heterocycles. The van der Waals surface area contributed by atoms with Gasteiger partial charge in [-0.3, -0.25) is 9.59 Å². The van der Waals surface area contributed by atoms with Crippen LogP contribution in [-0.4, -0.2) is 28.6 Å². The summed E-state index contributed by atoms with van der Waals surface area (Å²) in [5.74, 6) is 0.625. The maximum Gasteiger partial charge on any atom is 0.175 e. The Morgan fingerprint density at radius 3 is 2.48 bits per heavy atom. The summed E-state index contributed by atoms with van der Waals surface area (Å²) in [5.41, 5.74) is 0.833. The molecule has 0 N–H and O–H groups in total. The van der Waals surface area contributed by atoms with E-state index in [0.29, 0.717) is 21.1 Å². The van der Waals surface area contributed by atoms with Crippen molar-refractivity contribution in [1.82, 2.24) is 0 Å². The molecule has 0 bridgehead atoms. The van der Waals surface area contributed by atoms with Crippen LogP contribution in [-0.2, 0) is 0 Å². The van der Waals surface area contributed by atoms with Crippen molar-refractivity contribution < 1.29 is 14.3 Å². The van der Waals surface area contributed by atoms with Crippen LogP contribution in [0.2, 0.25) is 0 Å². The van der Waals surface area contributed by atoms with Crippen LogP contribution in [0.25, 0.3) is 0 Å². The van der Waals surface area contributed by atoms with Gasteiger partial charge in [0, 0.05) is 0 Å². The van der Waals surface area contributed by atoms with E-state index < -0.39 is 0 Å². The zero-order valence-electron chi connectivity index (χ0n) is 12.8. The number of hydrogen-bond donors (Lipinski definition) is 0. The zero-order valence-corrected chi connectivity index (χ0v) is 14.4. The van der Waals surface area contributed by atoms with Crippen molar-refractivity contribution in [3.05, 3.63) is 29.3 Å². The fourth-order valence-electron chi connectivity index (χ4n) is 1.90. The van der Waals surface area contributed by atoms with E-state index in [4.69, 9.17) is 17.0 Å². The summed E-state index contributed by atoms with van der Waals surface area (Å²) in [6, 6.07) is 5.03. The van der Waals surface area contributed by atoms with Crippen molar-refractivity contribution in [2.24, 2.45) is 5.92 Å². The number of Topliss-reactive ketones (excluding diaryl/α,β-unsaturated/α-hetero) is 2. The maximum absolute atomic E-state index is 12.6. The molecule has 1 rings (SSSR count). The smallest absolute Gasteiger partial charge is 0.175 e. The first-order valence-corrected chi connectivity index (χ1v) is 8.22. The number of benzene rings is 1. The minimum absolute atomic E-state index is 0.108. The lowest BCUT2D eigenvalue weighted by Crippen LogP contribution is -2.19. The van der Waals surface area contributed by atoms with E-state index in [1.54, 1.807) is 25.1 Å². The molecule has 5 heteroatoms. The van der Waals surface area contributed by atoms with Gasteiger partial charge in [0.2, 0.25) is 0 Å². The van der Waals surface area contributed by atoms with Crippen molar-refractivity contribution in [2.75, 3.05) is 12.9 Å². The molecule has 1 atom stereocenters. The van der Waals surface area contributed by atoms with E-state index >= 15 is 0 Å². The Balaban J connectivity index is 3.10. The summed E-state index contributed by atoms with van der Waals surface area (Å²) in [7, 11) is 1.47. The number of carbonyl (C=O) groups excluding carboxylic acids is 2. The number of thioether (sulfide) groups is 1. The normalized spacial score (nSPS) is 11.8. The van der Waals surface area contributed by atoms with Gasteiger partial charge >= 0.3 is 0 Å². The molecule has 21 heavy (non-hydrogen) atoms. The topological polar surface area (TPSA) is 43.4 Å². The summed E-state index contributed by atoms with van der Waals surface area (Å²) in [5, 5.41) is 0. The number of methoxy groups -OCH3 is 1. The lowest BCUT2D eigenvalue weighted by molar-refractivity contribution is 0.0960. The van der Waals surface area contributed by atoms with Gasteiger partial charge in [-0.15, -0.1) is 11.8 Å². The molecule has 0 aromatic heterocycles. The predicted octanol–water partition coefficient (Wildman–Crippen LogP) is 4.19. The van der Waals surface area contributed by atoms with E-state index in [9.17, 15) is 9.59 Å². The highest BCUT2D eigenvalue weighted by Crippen LogP contribution is 2.28. The van der Waals surface area contributed by atoms with Crippen LogP contribution in [0.3, 0.4) is 0 Å². The quantitative estimate of drug-likeness (QED) is 0.556. The van der Waals surface area contributed by atoms with Crippen LogP contribution >= 0.6 is 24.0 Å². The van der Waals surface area contributed by atoms with Gasteiger partial charge in [0.25, 0.3) is 0 Å². The SMILES string of the molecule is CCCSC(=S)C(C)C(=O)c1cccc(C(C)=O)c1OC. The fraction of sp³-hybridized carbons (Fsp3) is 0.438. The van der Waals surface area contributed by atoms with Gasteiger partial charge in [-0.05, 0) is 38.2 Å². The first kappa shape index (κ1) is 17.9. The second kappa shape index (κ2) is 8.29. The Morgan fingerprint density at radius 1 is 1.33 bits per heavy atom. The van der Waals surface area contributed by atoms with Crippen molar-refractivity contribution in [3.8, 4) is 5.75 Å². The van der Waals surface area contributed by atoms with Crippen molar-refractivity contribution >= 4 is 39.7 Å². The lowest BCUT2D eigenvalue weighted by Gasteiger charge is -2.15. The van der Waals surface area contributed by atoms with Crippen molar-refractivity contribution in [1.29, 1.82) is 0 Å². The number of carbonyl (C=O) groups is 2. The number of rotatable bonds is 7. The molecular weight excluding hydrogens is 304 g/mol. The van der Waals surface area contributed by atoms with E-state index in [-0.39, 0.29) is 17.5 Å². The molecule has 1 aromatic rings. The first-order chi connectivity index (χ1) is 9.93. The summed E-state index contributed by atoms with van der Waals surface area (Å²) in [6.07, 6.45) is 1.01. The monoisotopic (exact) mass is 324 g/mol. The van der Waals surface area contributed by atoms with E-state index in [1.807, 2.05) is 0 Å². The van der Waals surface area contributed by atoms with Gasteiger partial charge in [-0.1, -0.05) is 25.2 Å². The molecule has 3 nitrogen and oxygen atoms in total. The molecule has 0 amide bonds. The summed E-state index contributed by atoms with van der Waals surface area (Å²) in [6.45, 7) is 5.33. The van der Waals surface area contributed by atoms with Gasteiger partial charge in [0.05, 0.1) is 28.4 Å². The molecule has 0 spiro atoms. The number of thiocarbonyl (C=S) groups is 1. The standard InChI is InChI=1S/C16H20O3S2/c1-5-9-21-16(20)10(2)14(18)13-8-6-7-12(11(3)17)15(13)19-4/h6-8,10H,5,9H2,1-4H3. The van der Waals surface area contributed by atoms with E-state index in [1.165, 1.54) is 25.8 Å². The number of para-hydroxylation sites is 1. The second-order valence-electron chi connectivity index (χ2n) is 4.70. The largest absolute Gasteiger partial charge is 0.495 e. The Bertz CT molecular complexity index is 552. The Hall–Kier alpha value is -1.20. The average Bonchev–Trinajstić information content (AvgIpc) is 2.49. The summed E-state index contributed by atoms with van der Waals surface area (Å²) >= 11 is 6.85. The number of ether oxygens (including phenoxy) is 1. The third-order valence-corrected chi connectivity index (χ3v) is 5.02. The molecule has 0 aliphatic carbocycles. The highest BCUT2D eigenvalue weighted by Gasteiger charge is 2.24. The maximum atomic E-state index is 12.6. The number of hydrogen-bond acceptors (Lipinski definition) is 5. The Kier molecular flexibility index (Phi) is 7.05. The minimum atomic E-state index is -0.382. The fourth-order valence-corrected chi connectivity index (χ4v) is 3.02. The molecule has 1 aromatic carbocycles. The first-order valence-electron chi connectivity index (χ1n) is 6.82. The second-order valence-corrected chi connectivity index (χ2v) is 6.53. The van der Waals surface area contributed by atoms with Crippen LogP contribution in [0.1, 0.15) is 47.9 Å². The number of ketones is 2. The molecule has 114 valence electrons. The van der Waals surface area contributed by atoms with E-state index in [0.717, 1.165) is 12.2 Å². The molecule has 1 unspecified atom stereocenters. The third-order valence-electron chi connectivity index (χ3n) is 3.06. The molecular formula is C16H20O3S2.